The van der Waals surface area contributed by atoms with Gasteiger partial charge in [0.1, 0.15) is 0 Å². The summed E-state index contributed by atoms with van der Waals surface area (Å²) >= 11 is 0. The van der Waals surface area contributed by atoms with Gasteiger partial charge in [-0.3, -0.25) is 0 Å². The predicted molar refractivity (Wildman–Crippen MR) is 80.4 cm³/mol. The minimum atomic E-state index is 0.249. The molecule has 2 rings (SSSR count). The molecule has 0 aliphatic heterocycles. The van der Waals surface area contributed by atoms with Gasteiger partial charge in [-0.2, -0.15) is 0 Å². The lowest BCUT2D eigenvalue weighted by Gasteiger charge is -2.30. The minimum absolute atomic E-state index is 0.249. The third kappa shape index (κ3) is 2.63. The molecular formula is C18H28. The summed E-state index contributed by atoms with van der Waals surface area (Å²) in [5.74, 6) is 2.29. The van der Waals surface area contributed by atoms with E-state index in [1.807, 2.05) is 0 Å². The van der Waals surface area contributed by atoms with E-state index in [-0.39, 0.29) is 5.41 Å². The Bertz CT molecular complexity index is 416. The summed E-state index contributed by atoms with van der Waals surface area (Å²) in [6, 6.07) is 6.96. The Morgan fingerprint density at radius 2 is 1.56 bits per heavy atom. The molecule has 1 atom stereocenters. The van der Waals surface area contributed by atoms with Crippen LogP contribution in [0.4, 0.5) is 0 Å². The smallest absolute Gasteiger partial charge is 0.0126 e. The molecule has 0 bridgehead atoms. The third-order valence-electron chi connectivity index (χ3n) is 4.32. The SMILES string of the molecule is CC(C)c1cccc(C(C)C2CC2)c1C(C)(C)C. The zero-order valence-electron chi connectivity index (χ0n) is 12.9. The maximum Gasteiger partial charge on any atom is -0.0126 e. The maximum absolute atomic E-state index is 2.42. The molecule has 0 heterocycles. The zero-order valence-corrected chi connectivity index (χ0v) is 12.9. The number of hydrogen-bond acceptors (Lipinski definition) is 0. The second kappa shape index (κ2) is 4.72. The van der Waals surface area contributed by atoms with E-state index in [4.69, 9.17) is 0 Å². The van der Waals surface area contributed by atoms with Crippen molar-refractivity contribution < 1.29 is 0 Å². The number of rotatable bonds is 3. The van der Waals surface area contributed by atoms with Gasteiger partial charge in [0.2, 0.25) is 0 Å². The van der Waals surface area contributed by atoms with Crippen LogP contribution in [0, 0.1) is 5.92 Å². The van der Waals surface area contributed by atoms with Crippen LogP contribution in [0.25, 0.3) is 0 Å². The van der Waals surface area contributed by atoms with Crippen molar-refractivity contribution in [3.8, 4) is 0 Å². The van der Waals surface area contributed by atoms with Crippen LogP contribution in [0.3, 0.4) is 0 Å². The maximum atomic E-state index is 2.42. The summed E-state index contributed by atoms with van der Waals surface area (Å²) in [7, 11) is 0. The largest absolute Gasteiger partial charge is 0.0617 e. The highest BCUT2D eigenvalue weighted by Crippen LogP contribution is 2.46. The van der Waals surface area contributed by atoms with Crippen LogP contribution in [0.2, 0.25) is 0 Å². The minimum Gasteiger partial charge on any atom is -0.0617 e. The van der Waals surface area contributed by atoms with Crippen molar-refractivity contribution in [3.05, 3.63) is 34.9 Å². The van der Waals surface area contributed by atoms with Crippen LogP contribution in [0.1, 0.15) is 82.9 Å². The second-order valence-electron chi connectivity index (χ2n) is 7.34. The fourth-order valence-corrected chi connectivity index (χ4v) is 3.17. The van der Waals surface area contributed by atoms with Gasteiger partial charge in [-0.1, -0.05) is 59.7 Å². The molecule has 0 amide bonds. The fourth-order valence-electron chi connectivity index (χ4n) is 3.17. The van der Waals surface area contributed by atoms with Gasteiger partial charge in [0.25, 0.3) is 0 Å². The van der Waals surface area contributed by atoms with Gasteiger partial charge in [-0.15, -0.1) is 0 Å². The standard InChI is InChI=1S/C18H28/c1-12(2)15-8-7-9-16(13(3)14-10-11-14)17(15)18(4,5)6/h7-9,12-14H,10-11H2,1-6H3. The Balaban J connectivity index is 2.54. The topological polar surface area (TPSA) is 0 Å². The van der Waals surface area contributed by atoms with Crippen LogP contribution in [-0.2, 0) is 5.41 Å². The molecule has 0 aromatic heterocycles. The first-order valence-corrected chi connectivity index (χ1v) is 7.45. The van der Waals surface area contributed by atoms with E-state index < -0.39 is 0 Å². The van der Waals surface area contributed by atoms with Crippen molar-refractivity contribution >= 4 is 0 Å². The zero-order chi connectivity index (χ0) is 13.5. The van der Waals surface area contributed by atoms with Gasteiger partial charge in [0.05, 0.1) is 0 Å². The lowest BCUT2D eigenvalue weighted by atomic mass is 9.74. The first-order valence-electron chi connectivity index (χ1n) is 7.45. The quantitative estimate of drug-likeness (QED) is 0.647. The molecule has 1 aliphatic carbocycles. The van der Waals surface area contributed by atoms with Gasteiger partial charge in [0, 0.05) is 0 Å². The lowest BCUT2D eigenvalue weighted by Crippen LogP contribution is -2.19. The molecule has 0 radical (unpaired) electrons. The number of hydrogen-bond donors (Lipinski definition) is 0. The van der Waals surface area contributed by atoms with E-state index in [0.29, 0.717) is 5.92 Å². The Hall–Kier alpha value is -0.780. The molecule has 0 saturated heterocycles. The monoisotopic (exact) mass is 244 g/mol. The van der Waals surface area contributed by atoms with Crippen LogP contribution in [0.5, 0.6) is 0 Å². The van der Waals surface area contributed by atoms with E-state index in [2.05, 4.69) is 59.7 Å². The Kier molecular flexibility index (Phi) is 3.58. The second-order valence-corrected chi connectivity index (χ2v) is 7.34. The summed E-state index contributed by atoms with van der Waals surface area (Å²) in [6.45, 7) is 14.1. The molecule has 1 aromatic carbocycles. The molecule has 100 valence electrons. The van der Waals surface area contributed by atoms with Crippen LogP contribution in [0.15, 0.2) is 18.2 Å². The molecule has 1 aliphatic rings. The molecule has 1 fully saturated rings. The molecule has 18 heavy (non-hydrogen) atoms. The summed E-state index contributed by atoms with van der Waals surface area (Å²) in [5.41, 5.74) is 5.02. The van der Waals surface area contributed by atoms with Crippen molar-refractivity contribution in [3.63, 3.8) is 0 Å². The van der Waals surface area contributed by atoms with E-state index in [9.17, 15) is 0 Å². The summed E-state index contributed by atoms with van der Waals surface area (Å²) in [5, 5.41) is 0. The van der Waals surface area contributed by atoms with Gasteiger partial charge in [-0.05, 0) is 52.7 Å². The van der Waals surface area contributed by atoms with Crippen molar-refractivity contribution in [2.45, 2.75) is 71.6 Å². The average Bonchev–Trinajstić information content (AvgIpc) is 3.09. The lowest BCUT2D eigenvalue weighted by molar-refractivity contribution is 0.549. The summed E-state index contributed by atoms with van der Waals surface area (Å²) < 4.78 is 0. The number of benzene rings is 1. The van der Waals surface area contributed by atoms with Gasteiger partial charge in [-0.25, -0.2) is 0 Å². The van der Waals surface area contributed by atoms with Crippen LogP contribution < -0.4 is 0 Å². The van der Waals surface area contributed by atoms with E-state index in [1.165, 1.54) is 12.8 Å². The Morgan fingerprint density at radius 1 is 1.00 bits per heavy atom. The van der Waals surface area contributed by atoms with Crippen LogP contribution in [-0.4, -0.2) is 0 Å². The van der Waals surface area contributed by atoms with Crippen LogP contribution >= 0.6 is 0 Å². The van der Waals surface area contributed by atoms with Gasteiger partial charge in [0.15, 0.2) is 0 Å². The van der Waals surface area contributed by atoms with Crippen molar-refractivity contribution in [2.75, 3.05) is 0 Å². The van der Waals surface area contributed by atoms with Crippen molar-refractivity contribution in [2.24, 2.45) is 5.92 Å². The first-order chi connectivity index (χ1) is 8.32. The Labute approximate surface area is 113 Å². The molecule has 1 unspecified atom stereocenters. The highest BCUT2D eigenvalue weighted by molar-refractivity contribution is 5.44. The van der Waals surface area contributed by atoms with Gasteiger partial charge < -0.3 is 0 Å². The fraction of sp³-hybridized carbons (Fsp3) is 0.667. The van der Waals surface area contributed by atoms with E-state index in [1.54, 1.807) is 16.7 Å². The molecule has 0 N–H and O–H groups in total. The highest BCUT2D eigenvalue weighted by atomic mass is 14.4. The van der Waals surface area contributed by atoms with Gasteiger partial charge >= 0.3 is 0 Å². The summed E-state index contributed by atoms with van der Waals surface area (Å²) in [6.07, 6.45) is 2.85. The predicted octanol–water partition coefficient (Wildman–Crippen LogP) is 5.62. The molecule has 1 aromatic rings. The molecule has 1 saturated carbocycles. The highest BCUT2D eigenvalue weighted by Gasteiger charge is 2.33. The molecular weight excluding hydrogens is 216 g/mol. The van der Waals surface area contributed by atoms with E-state index in [0.717, 1.165) is 11.8 Å². The summed E-state index contributed by atoms with van der Waals surface area (Å²) in [4.78, 5) is 0. The first kappa shape index (κ1) is 13.6. The normalized spacial score (nSPS) is 18.2. The molecule has 0 nitrogen and oxygen atoms in total. The van der Waals surface area contributed by atoms with E-state index >= 15 is 0 Å². The average molecular weight is 244 g/mol. The molecule has 0 spiro atoms. The van der Waals surface area contributed by atoms with Crippen molar-refractivity contribution in [1.82, 2.24) is 0 Å². The van der Waals surface area contributed by atoms with Crippen molar-refractivity contribution in [1.29, 1.82) is 0 Å². The molecule has 0 heteroatoms. The third-order valence-corrected chi connectivity index (χ3v) is 4.32. The Morgan fingerprint density at radius 3 is 2.00 bits per heavy atom.